The molecule has 7 nitrogen and oxygen atoms in total. The van der Waals surface area contributed by atoms with Gasteiger partial charge in [-0.05, 0) is 43.9 Å². The van der Waals surface area contributed by atoms with Crippen LogP contribution in [0.5, 0.6) is 5.75 Å². The van der Waals surface area contributed by atoms with Gasteiger partial charge in [-0.2, -0.15) is 5.10 Å². The molecule has 0 spiro atoms. The van der Waals surface area contributed by atoms with Gasteiger partial charge in [0.25, 0.3) is 11.5 Å². The number of para-hydroxylation sites is 1. The SMILES string of the molecule is O=C(Nc1nc2c(s1)CCCCCC2)c1ccc(=O)n(CCOc2ccccc2)n1. The molecule has 0 unspecified atom stereocenters. The number of carbonyl (C=O) groups is 1. The lowest BCUT2D eigenvalue weighted by Crippen LogP contribution is -2.28. The number of aryl methyl sites for hydroxylation is 2. The minimum Gasteiger partial charge on any atom is -0.492 e. The number of anilines is 1. The second kappa shape index (κ2) is 9.67. The Balaban J connectivity index is 1.41. The normalized spacial score (nSPS) is 13.7. The van der Waals surface area contributed by atoms with E-state index in [0.717, 1.165) is 30.7 Å². The molecule has 0 aliphatic heterocycles. The second-order valence-electron chi connectivity index (χ2n) is 7.20. The topological polar surface area (TPSA) is 86.1 Å². The molecule has 0 radical (unpaired) electrons. The quantitative estimate of drug-likeness (QED) is 0.652. The number of fused-ring (bicyclic) bond motifs is 1. The minimum atomic E-state index is -0.366. The molecule has 0 atom stereocenters. The first-order valence-corrected chi connectivity index (χ1v) is 11.1. The van der Waals surface area contributed by atoms with E-state index in [4.69, 9.17) is 4.74 Å². The van der Waals surface area contributed by atoms with Crippen molar-refractivity contribution >= 4 is 22.4 Å². The summed E-state index contributed by atoms with van der Waals surface area (Å²) < 4.78 is 6.87. The van der Waals surface area contributed by atoms with Crippen molar-refractivity contribution in [2.75, 3.05) is 11.9 Å². The van der Waals surface area contributed by atoms with Crippen LogP contribution in [0.25, 0.3) is 0 Å². The van der Waals surface area contributed by atoms with Crippen molar-refractivity contribution in [1.29, 1.82) is 0 Å². The van der Waals surface area contributed by atoms with Crippen LogP contribution in [0.15, 0.2) is 47.3 Å². The van der Waals surface area contributed by atoms with Gasteiger partial charge in [-0.15, -0.1) is 11.3 Å². The fourth-order valence-electron chi connectivity index (χ4n) is 3.42. The Bertz CT molecular complexity index is 1040. The van der Waals surface area contributed by atoms with Gasteiger partial charge in [0.2, 0.25) is 0 Å². The van der Waals surface area contributed by atoms with Gasteiger partial charge < -0.3 is 4.74 Å². The molecule has 2 heterocycles. The first-order chi connectivity index (χ1) is 14.7. The van der Waals surface area contributed by atoms with E-state index in [9.17, 15) is 9.59 Å². The van der Waals surface area contributed by atoms with Gasteiger partial charge in [0.1, 0.15) is 18.1 Å². The Morgan fingerprint density at radius 3 is 2.70 bits per heavy atom. The molecule has 0 saturated heterocycles. The van der Waals surface area contributed by atoms with E-state index in [1.165, 1.54) is 41.0 Å². The molecular weight excluding hydrogens is 400 g/mol. The monoisotopic (exact) mass is 424 g/mol. The van der Waals surface area contributed by atoms with E-state index < -0.39 is 0 Å². The highest BCUT2D eigenvalue weighted by Crippen LogP contribution is 2.28. The van der Waals surface area contributed by atoms with Gasteiger partial charge in [0, 0.05) is 10.9 Å². The molecule has 1 N–H and O–H groups in total. The zero-order valence-corrected chi connectivity index (χ0v) is 17.5. The van der Waals surface area contributed by atoms with Gasteiger partial charge >= 0.3 is 0 Å². The molecule has 1 aromatic carbocycles. The number of aromatic nitrogens is 3. The first-order valence-electron chi connectivity index (χ1n) is 10.2. The predicted octanol–water partition coefficient (Wildman–Crippen LogP) is 3.69. The van der Waals surface area contributed by atoms with Crippen molar-refractivity contribution in [3.63, 3.8) is 0 Å². The van der Waals surface area contributed by atoms with Crippen LogP contribution < -0.4 is 15.6 Å². The number of nitrogens with one attached hydrogen (secondary N) is 1. The zero-order valence-electron chi connectivity index (χ0n) is 16.7. The van der Waals surface area contributed by atoms with Crippen LogP contribution in [0.3, 0.4) is 0 Å². The van der Waals surface area contributed by atoms with Crippen LogP contribution in [0, 0.1) is 0 Å². The van der Waals surface area contributed by atoms with Gasteiger partial charge in [-0.1, -0.05) is 31.0 Å². The fourth-order valence-corrected chi connectivity index (χ4v) is 4.46. The van der Waals surface area contributed by atoms with E-state index in [1.807, 2.05) is 30.3 Å². The molecule has 3 aromatic rings. The lowest BCUT2D eigenvalue weighted by atomic mass is 10.0. The third-order valence-electron chi connectivity index (χ3n) is 4.98. The Morgan fingerprint density at radius 1 is 1.07 bits per heavy atom. The van der Waals surface area contributed by atoms with E-state index in [2.05, 4.69) is 15.4 Å². The number of amides is 1. The molecular formula is C22H24N4O3S. The summed E-state index contributed by atoms with van der Waals surface area (Å²) in [6.45, 7) is 0.529. The highest BCUT2D eigenvalue weighted by atomic mass is 32.1. The molecule has 4 rings (SSSR count). The number of nitrogens with zero attached hydrogens (tertiary/aromatic N) is 3. The third-order valence-corrected chi connectivity index (χ3v) is 6.05. The molecule has 156 valence electrons. The highest BCUT2D eigenvalue weighted by molar-refractivity contribution is 7.15. The van der Waals surface area contributed by atoms with Crippen molar-refractivity contribution in [3.8, 4) is 5.75 Å². The summed E-state index contributed by atoms with van der Waals surface area (Å²) in [4.78, 5) is 30.6. The third kappa shape index (κ3) is 5.13. The number of hydrogen-bond donors (Lipinski definition) is 1. The number of thiazole rings is 1. The Kier molecular flexibility index (Phi) is 6.53. The summed E-state index contributed by atoms with van der Waals surface area (Å²) in [5, 5.41) is 7.64. The molecule has 0 fully saturated rings. The van der Waals surface area contributed by atoms with Gasteiger partial charge in [0.05, 0.1) is 12.2 Å². The number of hydrogen-bond acceptors (Lipinski definition) is 6. The smallest absolute Gasteiger partial charge is 0.277 e. The second-order valence-corrected chi connectivity index (χ2v) is 8.28. The molecule has 0 bridgehead atoms. The number of ether oxygens (including phenoxy) is 1. The average Bonchev–Trinajstić information content (AvgIpc) is 3.10. The molecule has 1 aliphatic rings. The summed E-state index contributed by atoms with van der Waals surface area (Å²) in [6, 6.07) is 12.1. The summed E-state index contributed by atoms with van der Waals surface area (Å²) in [7, 11) is 0. The van der Waals surface area contributed by atoms with Crippen LogP contribution in [-0.4, -0.2) is 27.3 Å². The largest absolute Gasteiger partial charge is 0.492 e. The van der Waals surface area contributed by atoms with Gasteiger partial charge in [-0.3, -0.25) is 14.9 Å². The van der Waals surface area contributed by atoms with Crippen molar-refractivity contribution in [1.82, 2.24) is 14.8 Å². The molecule has 30 heavy (non-hydrogen) atoms. The van der Waals surface area contributed by atoms with Crippen LogP contribution in [0.2, 0.25) is 0 Å². The van der Waals surface area contributed by atoms with Crippen molar-refractivity contribution in [2.24, 2.45) is 0 Å². The first kappa shape index (κ1) is 20.3. The van der Waals surface area contributed by atoms with E-state index >= 15 is 0 Å². The predicted molar refractivity (Wildman–Crippen MR) is 116 cm³/mol. The van der Waals surface area contributed by atoms with E-state index in [1.54, 1.807) is 11.3 Å². The standard InChI is InChI=1S/C22H24N4O3S/c27-20-13-12-18(25-26(20)14-15-29-16-8-4-3-5-9-16)21(28)24-22-23-17-10-6-1-2-7-11-19(17)30-22/h3-5,8-9,12-13H,1-2,6-7,10-11,14-15H2,(H,23,24,28). The number of carbonyl (C=O) groups excluding carboxylic acids is 1. The molecule has 8 heteroatoms. The molecule has 1 amide bonds. The zero-order chi connectivity index (χ0) is 20.8. The van der Waals surface area contributed by atoms with Gasteiger partial charge in [0.15, 0.2) is 5.13 Å². The highest BCUT2D eigenvalue weighted by Gasteiger charge is 2.16. The summed E-state index contributed by atoms with van der Waals surface area (Å²) in [5.41, 5.74) is 1.00. The van der Waals surface area contributed by atoms with E-state index in [0.29, 0.717) is 5.13 Å². The summed E-state index contributed by atoms with van der Waals surface area (Å²) >= 11 is 1.54. The minimum absolute atomic E-state index is 0.178. The maximum absolute atomic E-state index is 12.7. The van der Waals surface area contributed by atoms with Crippen LogP contribution in [0.4, 0.5) is 5.13 Å². The van der Waals surface area contributed by atoms with E-state index in [-0.39, 0.29) is 30.3 Å². The molecule has 1 aliphatic carbocycles. The fraction of sp³-hybridized carbons (Fsp3) is 0.364. The lowest BCUT2D eigenvalue weighted by molar-refractivity contribution is 0.101. The molecule has 2 aromatic heterocycles. The number of benzene rings is 1. The van der Waals surface area contributed by atoms with Crippen LogP contribution in [-0.2, 0) is 19.4 Å². The van der Waals surface area contributed by atoms with Crippen molar-refractivity contribution in [2.45, 2.75) is 45.1 Å². The average molecular weight is 425 g/mol. The van der Waals surface area contributed by atoms with Crippen molar-refractivity contribution in [3.05, 3.63) is 69.1 Å². The number of rotatable bonds is 6. The summed E-state index contributed by atoms with van der Waals surface area (Å²) in [6.07, 6.45) is 6.78. The lowest BCUT2D eigenvalue weighted by Gasteiger charge is -2.08. The maximum Gasteiger partial charge on any atom is 0.277 e. The Hall–Kier alpha value is -3.00. The van der Waals surface area contributed by atoms with Crippen LogP contribution in [0.1, 0.15) is 46.7 Å². The summed E-state index contributed by atoms with van der Waals surface area (Å²) in [5.74, 6) is 0.355. The Labute approximate surface area is 178 Å². The maximum atomic E-state index is 12.7. The molecule has 0 saturated carbocycles. The van der Waals surface area contributed by atoms with Crippen LogP contribution >= 0.6 is 11.3 Å². The Morgan fingerprint density at radius 2 is 1.87 bits per heavy atom. The van der Waals surface area contributed by atoms with Crippen molar-refractivity contribution < 1.29 is 9.53 Å². The van der Waals surface area contributed by atoms with Gasteiger partial charge in [-0.25, -0.2) is 9.67 Å².